The molecule has 0 aliphatic carbocycles. The molecule has 1 N–H and O–H groups in total. The molecular weight excluding hydrogens is 328 g/mol. The van der Waals surface area contributed by atoms with E-state index in [1.54, 1.807) is 6.08 Å². The summed E-state index contributed by atoms with van der Waals surface area (Å²) in [6.07, 6.45) is 9.84. The number of anilines is 1. The van der Waals surface area contributed by atoms with Gasteiger partial charge < -0.3 is 9.88 Å². The average Bonchev–Trinajstić information content (AvgIpc) is 3.04. The van der Waals surface area contributed by atoms with E-state index in [0.717, 1.165) is 5.69 Å². The minimum atomic E-state index is 1.12. The van der Waals surface area contributed by atoms with Crippen LogP contribution in [0.3, 0.4) is 0 Å². The van der Waals surface area contributed by atoms with Gasteiger partial charge in [0.25, 0.3) is 0 Å². The van der Waals surface area contributed by atoms with Crippen LogP contribution >= 0.6 is 0 Å². The quantitative estimate of drug-likeness (QED) is 0.395. The molecule has 0 aliphatic heterocycles. The third-order valence-corrected chi connectivity index (χ3v) is 4.79. The second-order valence-corrected chi connectivity index (χ2v) is 6.41. The lowest BCUT2D eigenvalue weighted by Crippen LogP contribution is -1.88. The van der Waals surface area contributed by atoms with Gasteiger partial charge >= 0.3 is 0 Å². The maximum Gasteiger partial charge on any atom is 0.0535 e. The molecule has 132 valence electrons. The number of rotatable bonds is 5. The highest BCUT2D eigenvalue weighted by molar-refractivity contribution is 6.10. The summed E-state index contributed by atoms with van der Waals surface area (Å²) in [5.74, 6) is 0. The van der Waals surface area contributed by atoms with Crippen LogP contribution < -0.4 is 5.32 Å². The Labute approximate surface area is 159 Å². The Hall–Kier alpha value is -3.52. The Morgan fingerprint density at radius 3 is 2.44 bits per heavy atom. The van der Waals surface area contributed by atoms with Crippen LogP contribution in [0.1, 0.15) is 0 Å². The first-order valence-electron chi connectivity index (χ1n) is 9.08. The van der Waals surface area contributed by atoms with Crippen LogP contribution in [-0.4, -0.2) is 11.6 Å². The first kappa shape index (κ1) is 16.9. The third-order valence-electron chi connectivity index (χ3n) is 4.79. The lowest BCUT2D eigenvalue weighted by Gasteiger charge is -2.06. The van der Waals surface area contributed by atoms with Crippen LogP contribution in [0.25, 0.3) is 39.1 Å². The molecule has 0 amide bonds. The zero-order valence-electron chi connectivity index (χ0n) is 15.4. The fourth-order valence-electron chi connectivity index (χ4n) is 3.48. The van der Waals surface area contributed by atoms with Crippen molar-refractivity contribution in [1.82, 2.24) is 4.57 Å². The largest absolute Gasteiger partial charge is 0.388 e. The molecule has 3 aromatic carbocycles. The number of benzene rings is 3. The van der Waals surface area contributed by atoms with Gasteiger partial charge in [0.05, 0.1) is 11.0 Å². The predicted octanol–water partition coefficient (Wildman–Crippen LogP) is 6.72. The second kappa shape index (κ2) is 7.38. The zero-order valence-corrected chi connectivity index (χ0v) is 15.4. The highest BCUT2D eigenvalue weighted by Gasteiger charge is 2.10. The molecule has 0 radical (unpaired) electrons. The van der Waals surface area contributed by atoms with E-state index in [1.165, 1.54) is 32.9 Å². The number of hydrogen-bond acceptors (Lipinski definition) is 1. The molecule has 0 saturated carbocycles. The Morgan fingerprint density at radius 2 is 1.59 bits per heavy atom. The van der Waals surface area contributed by atoms with Crippen LogP contribution in [0.4, 0.5) is 5.69 Å². The molecule has 0 bridgehead atoms. The molecular formula is C25H22N2. The van der Waals surface area contributed by atoms with E-state index in [2.05, 4.69) is 89.4 Å². The lowest BCUT2D eigenvalue weighted by atomic mass is 10.0. The lowest BCUT2D eigenvalue weighted by molar-refractivity contribution is 1.29. The Kier molecular flexibility index (Phi) is 4.63. The van der Waals surface area contributed by atoms with Crippen LogP contribution in [0.5, 0.6) is 0 Å². The standard InChI is InChI=1S/C25H22N2/c1-3-4-5-8-16-27-24-13-7-6-12-22(24)23-18-20(14-15-25(23)27)19-10-9-11-21(17-19)26-2/h3-18,26H,1H2,2H3/b5-4-,16-8-. The molecule has 4 rings (SSSR count). The third kappa shape index (κ3) is 3.18. The fourth-order valence-corrected chi connectivity index (χ4v) is 3.48. The Bertz CT molecular complexity index is 1180. The second-order valence-electron chi connectivity index (χ2n) is 6.41. The summed E-state index contributed by atoms with van der Waals surface area (Å²) in [6, 6.07) is 23.7. The van der Waals surface area contributed by atoms with Gasteiger partial charge in [0.2, 0.25) is 0 Å². The summed E-state index contributed by atoms with van der Waals surface area (Å²) in [7, 11) is 1.95. The summed E-state index contributed by atoms with van der Waals surface area (Å²) in [5, 5.41) is 5.73. The molecule has 0 saturated heterocycles. The summed E-state index contributed by atoms with van der Waals surface area (Å²) in [4.78, 5) is 0. The first-order valence-corrected chi connectivity index (χ1v) is 9.08. The number of nitrogens with zero attached hydrogens (tertiary/aromatic N) is 1. The van der Waals surface area contributed by atoms with Crippen molar-refractivity contribution in [3.8, 4) is 11.1 Å². The average molecular weight is 350 g/mol. The summed E-state index contributed by atoms with van der Waals surface area (Å²) in [6.45, 7) is 3.71. The van der Waals surface area contributed by atoms with Gasteiger partial charge in [-0.1, -0.05) is 61.2 Å². The van der Waals surface area contributed by atoms with Gasteiger partial charge in [0, 0.05) is 29.7 Å². The van der Waals surface area contributed by atoms with E-state index in [-0.39, 0.29) is 0 Å². The van der Waals surface area contributed by atoms with Gasteiger partial charge in [-0.25, -0.2) is 0 Å². The molecule has 0 spiro atoms. The molecule has 2 heteroatoms. The summed E-state index contributed by atoms with van der Waals surface area (Å²) in [5.41, 5.74) is 5.96. The van der Waals surface area contributed by atoms with Gasteiger partial charge in [-0.2, -0.15) is 0 Å². The zero-order chi connectivity index (χ0) is 18.6. The topological polar surface area (TPSA) is 17.0 Å². The Morgan fingerprint density at radius 1 is 0.778 bits per heavy atom. The SMILES string of the molecule is C=C/C=C\C=C/n1c2ccccc2c2cc(-c3cccc(NC)c3)ccc21. The van der Waals surface area contributed by atoms with Crippen molar-refractivity contribution in [2.24, 2.45) is 0 Å². The first-order chi connectivity index (χ1) is 13.3. The number of para-hydroxylation sites is 1. The van der Waals surface area contributed by atoms with Crippen molar-refractivity contribution in [2.45, 2.75) is 0 Å². The van der Waals surface area contributed by atoms with Gasteiger partial charge in [-0.05, 0) is 47.5 Å². The van der Waals surface area contributed by atoms with Crippen molar-refractivity contribution in [1.29, 1.82) is 0 Å². The molecule has 0 atom stereocenters. The predicted molar refractivity (Wildman–Crippen MR) is 119 cm³/mol. The van der Waals surface area contributed by atoms with E-state index < -0.39 is 0 Å². The molecule has 4 aromatic rings. The Balaban J connectivity index is 1.91. The summed E-state index contributed by atoms with van der Waals surface area (Å²) < 4.78 is 2.24. The number of allylic oxidation sites excluding steroid dienone is 4. The molecule has 0 unspecified atom stereocenters. The minimum Gasteiger partial charge on any atom is -0.388 e. The van der Waals surface area contributed by atoms with Crippen molar-refractivity contribution in [3.63, 3.8) is 0 Å². The van der Waals surface area contributed by atoms with E-state index in [1.807, 2.05) is 25.3 Å². The van der Waals surface area contributed by atoms with Crippen LogP contribution in [0, 0.1) is 0 Å². The van der Waals surface area contributed by atoms with Crippen molar-refractivity contribution in [3.05, 3.63) is 97.6 Å². The monoisotopic (exact) mass is 350 g/mol. The van der Waals surface area contributed by atoms with E-state index >= 15 is 0 Å². The van der Waals surface area contributed by atoms with Gasteiger partial charge in [0.1, 0.15) is 0 Å². The summed E-state index contributed by atoms with van der Waals surface area (Å²) >= 11 is 0. The number of aromatic nitrogens is 1. The normalized spacial score (nSPS) is 11.7. The fraction of sp³-hybridized carbons (Fsp3) is 0.0400. The van der Waals surface area contributed by atoms with Gasteiger partial charge in [-0.15, -0.1) is 0 Å². The van der Waals surface area contributed by atoms with Crippen molar-refractivity contribution < 1.29 is 0 Å². The molecule has 27 heavy (non-hydrogen) atoms. The number of nitrogens with one attached hydrogen (secondary N) is 1. The highest BCUT2D eigenvalue weighted by atomic mass is 14.9. The van der Waals surface area contributed by atoms with Crippen LogP contribution in [0.2, 0.25) is 0 Å². The molecule has 1 heterocycles. The van der Waals surface area contributed by atoms with Crippen molar-refractivity contribution >= 4 is 33.7 Å². The highest BCUT2D eigenvalue weighted by Crippen LogP contribution is 2.33. The molecule has 0 fully saturated rings. The van der Waals surface area contributed by atoms with E-state index in [9.17, 15) is 0 Å². The minimum absolute atomic E-state index is 1.12. The van der Waals surface area contributed by atoms with Crippen LogP contribution in [0.15, 0.2) is 97.6 Å². The smallest absolute Gasteiger partial charge is 0.0535 e. The van der Waals surface area contributed by atoms with E-state index in [0.29, 0.717) is 0 Å². The van der Waals surface area contributed by atoms with Crippen LogP contribution in [-0.2, 0) is 0 Å². The van der Waals surface area contributed by atoms with Gasteiger partial charge in [0.15, 0.2) is 0 Å². The molecule has 1 aromatic heterocycles. The van der Waals surface area contributed by atoms with E-state index in [4.69, 9.17) is 0 Å². The molecule has 2 nitrogen and oxygen atoms in total. The van der Waals surface area contributed by atoms with Crippen molar-refractivity contribution in [2.75, 3.05) is 12.4 Å². The maximum atomic E-state index is 3.71. The maximum absolute atomic E-state index is 3.71. The number of fused-ring (bicyclic) bond motifs is 3. The number of hydrogen-bond donors (Lipinski definition) is 1. The van der Waals surface area contributed by atoms with Gasteiger partial charge in [-0.3, -0.25) is 0 Å². The molecule has 0 aliphatic rings.